The normalized spacial score (nSPS) is 13.1. The summed E-state index contributed by atoms with van der Waals surface area (Å²) in [4.78, 5) is 15.0. The third-order valence-corrected chi connectivity index (χ3v) is 5.47. The molecular formula is C25H26N2O. The smallest absolute Gasteiger partial charge is 0.254 e. The predicted molar refractivity (Wildman–Crippen MR) is 114 cm³/mol. The molecule has 28 heavy (non-hydrogen) atoms. The molecule has 3 nitrogen and oxygen atoms in total. The molecule has 0 atom stereocenters. The highest BCUT2D eigenvalue weighted by atomic mass is 16.2. The second kappa shape index (κ2) is 8.30. The average molecular weight is 370 g/mol. The molecule has 3 aromatic carbocycles. The summed E-state index contributed by atoms with van der Waals surface area (Å²) in [5, 5.41) is 3.51. The van der Waals surface area contributed by atoms with Gasteiger partial charge in [0, 0.05) is 30.9 Å². The second-order valence-corrected chi connectivity index (χ2v) is 7.31. The number of anilines is 1. The van der Waals surface area contributed by atoms with E-state index in [0.717, 1.165) is 36.2 Å². The van der Waals surface area contributed by atoms with E-state index in [0.29, 0.717) is 13.1 Å². The second-order valence-electron chi connectivity index (χ2n) is 7.31. The number of hydrogen-bond acceptors (Lipinski definition) is 2. The standard InChI is InChI=1S/C25H26N2O/c1-2-20-9-5-6-13-24(20)26-17-19-8-7-12-22(16-19)25(28)27-15-14-21-10-3-4-11-23(21)18-27/h3-13,16,26H,2,14-15,17-18H2,1H3. The van der Waals surface area contributed by atoms with Crippen molar-refractivity contribution in [1.82, 2.24) is 4.90 Å². The van der Waals surface area contributed by atoms with Gasteiger partial charge in [0.15, 0.2) is 0 Å². The minimum Gasteiger partial charge on any atom is -0.381 e. The molecule has 0 aliphatic carbocycles. The number of benzene rings is 3. The van der Waals surface area contributed by atoms with Crippen molar-refractivity contribution in [2.75, 3.05) is 11.9 Å². The van der Waals surface area contributed by atoms with Gasteiger partial charge < -0.3 is 10.2 Å². The van der Waals surface area contributed by atoms with Crippen molar-refractivity contribution in [3.63, 3.8) is 0 Å². The molecule has 0 saturated heterocycles. The molecule has 1 aliphatic rings. The first-order chi connectivity index (χ1) is 13.7. The first kappa shape index (κ1) is 18.3. The highest BCUT2D eigenvalue weighted by molar-refractivity contribution is 5.94. The summed E-state index contributed by atoms with van der Waals surface area (Å²) in [6, 6.07) is 24.8. The van der Waals surface area contributed by atoms with Crippen LogP contribution < -0.4 is 5.32 Å². The maximum absolute atomic E-state index is 13.0. The fourth-order valence-corrected chi connectivity index (χ4v) is 3.86. The molecule has 4 rings (SSSR count). The van der Waals surface area contributed by atoms with Crippen LogP contribution in [0.15, 0.2) is 72.8 Å². The Kier molecular flexibility index (Phi) is 5.43. The molecule has 1 amide bonds. The summed E-state index contributed by atoms with van der Waals surface area (Å²) in [6.45, 7) is 4.35. The van der Waals surface area contributed by atoms with Crippen molar-refractivity contribution in [2.45, 2.75) is 32.9 Å². The first-order valence-electron chi connectivity index (χ1n) is 10.0. The van der Waals surface area contributed by atoms with Gasteiger partial charge in [-0.2, -0.15) is 0 Å². The molecule has 1 N–H and O–H groups in total. The van der Waals surface area contributed by atoms with Crippen LogP contribution in [0.1, 0.15) is 39.5 Å². The largest absolute Gasteiger partial charge is 0.381 e. The lowest BCUT2D eigenvalue weighted by atomic mass is 9.99. The van der Waals surface area contributed by atoms with E-state index >= 15 is 0 Å². The molecule has 0 aromatic heterocycles. The predicted octanol–water partition coefficient (Wildman–Crippen LogP) is 5.06. The van der Waals surface area contributed by atoms with Crippen LogP contribution in [-0.2, 0) is 25.9 Å². The number of rotatable bonds is 5. The van der Waals surface area contributed by atoms with Crippen LogP contribution in [0, 0.1) is 0 Å². The van der Waals surface area contributed by atoms with Gasteiger partial charge in [-0.05, 0) is 53.3 Å². The Morgan fingerprint density at radius 3 is 2.61 bits per heavy atom. The number of fused-ring (bicyclic) bond motifs is 1. The van der Waals surface area contributed by atoms with Crippen molar-refractivity contribution >= 4 is 11.6 Å². The summed E-state index contributed by atoms with van der Waals surface area (Å²) in [6.07, 6.45) is 1.93. The van der Waals surface area contributed by atoms with Gasteiger partial charge >= 0.3 is 0 Å². The number of nitrogens with zero attached hydrogens (tertiary/aromatic N) is 1. The van der Waals surface area contributed by atoms with E-state index in [1.165, 1.54) is 16.7 Å². The van der Waals surface area contributed by atoms with E-state index in [-0.39, 0.29) is 5.91 Å². The highest BCUT2D eigenvalue weighted by Crippen LogP contribution is 2.21. The number of nitrogens with one attached hydrogen (secondary N) is 1. The summed E-state index contributed by atoms with van der Waals surface area (Å²) in [5.74, 6) is 0.116. The monoisotopic (exact) mass is 370 g/mol. The Labute approximate surface area is 167 Å². The topological polar surface area (TPSA) is 32.3 Å². The Hall–Kier alpha value is -3.07. The van der Waals surface area contributed by atoms with E-state index in [1.807, 2.05) is 29.2 Å². The molecule has 142 valence electrons. The van der Waals surface area contributed by atoms with Gasteiger partial charge in [-0.15, -0.1) is 0 Å². The molecule has 0 bridgehead atoms. The number of carbonyl (C=O) groups excluding carboxylic acids is 1. The Morgan fingerprint density at radius 2 is 1.75 bits per heavy atom. The van der Waals surface area contributed by atoms with E-state index in [2.05, 4.69) is 60.8 Å². The summed E-state index contributed by atoms with van der Waals surface area (Å²) < 4.78 is 0. The van der Waals surface area contributed by atoms with Crippen LogP contribution in [0.25, 0.3) is 0 Å². The zero-order valence-electron chi connectivity index (χ0n) is 16.3. The quantitative estimate of drug-likeness (QED) is 0.681. The van der Waals surface area contributed by atoms with E-state index in [4.69, 9.17) is 0 Å². The fourth-order valence-electron chi connectivity index (χ4n) is 3.86. The lowest BCUT2D eigenvalue weighted by Gasteiger charge is -2.29. The number of carbonyl (C=O) groups is 1. The van der Waals surface area contributed by atoms with Gasteiger partial charge in [0.05, 0.1) is 0 Å². The van der Waals surface area contributed by atoms with Crippen molar-refractivity contribution in [3.8, 4) is 0 Å². The lowest BCUT2D eigenvalue weighted by Crippen LogP contribution is -2.35. The third-order valence-electron chi connectivity index (χ3n) is 5.47. The van der Waals surface area contributed by atoms with Crippen LogP contribution >= 0.6 is 0 Å². The molecular weight excluding hydrogens is 344 g/mol. The summed E-state index contributed by atoms with van der Waals surface area (Å²) in [5.41, 5.74) is 6.97. The van der Waals surface area contributed by atoms with Gasteiger partial charge in [0.25, 0.3) is 5.91 Å². The van der Waals surface area contributed by atoms with Gasteiger partial charge in [0.1, 0.15) is 0 Å². The molecule has 0 saturated carbocycles. The van der Waals surface area contributed by atoms with Crippen LogP contribution in [0.3, 0.4) is 0 Å². The van der Waals surface area contributed by atoms with Crippen LogP contribution in [0.5, 0.6) is 0 Å². The molecule has 3 heteroatoms. The Morgan fingerprint density at radius 1 is 0.964 bits per heavy atom. The van der Waals surface area contributed by atoms with Gasteiger partial charge in [-0.25, -0.2) is 0 Å². The van der Waals surface area contributed by atoms with Gasteiger partial charge in [0.2, 0.25) is 0 Å². The summed E-state index contributed by atoms with van der Waals surface area (Å²) >= 11 is 0. The Bertz CT molecular complexity index is 980. The summed E-state index contributed by atoms with van der Waals surface area (Å²) in [7, 11) is 0. The zero-order chi connectivity index (χ0) is 19.3. The third kappa shape index (κ3) is 3.94. The zero-order valence-corrected chi connectivity index (χ0v) is 16.3. The maximum Gasteiger partial charge on any atom is 0.254 e. The Balaban J connectivity index is 1.46. The molecule has 1 heterocycles. The maximum atomic E-state index is 13.0. The molecule has 0 radical (unpaired) electrons. The van der Waals surface area contributed by atoms with Crippen LogP contribution in [0.4, 0.5) is 5.69 Å². The van der Waals surface area contributed by atoms with E-state index in [1.54, 1.807) is 0 Å². The molecule has 0 unspecified atom stereocenters. The molecule has 0 fully saturated rings. The minimum atomic E-state index is 0.116. The van der Waals surface area contributed by atoms with Crippen molar-refractivity contribution in [3.05, 3.63) is 101 Å². The van der Waals surface area contributed by atoms with Crippen LogP contribution in [0.2, 0.25) is 0 Å². The minimum absolute atomic E-state index is 0.116. The fraction of sp³-hybridized carbons (Fsp3) is 0.240. The SMILES string of the molecule is CCc1ccccc1NCc1cccc(C(=O)N2CCc3ccccc3C2)c1. The van der Waals surface area contributed by atoms with Crippen molar-refractivity contribution in [1.29, 1.82) is 0 Å². The highest BCUT2D eigenvalue weighted by Gasteiger charge is 2.21. The van der Waals surface area contributed by atoms with Crippen molar-refractivity contribution in [2.24, 2.45) is 0 Å². The van der Waals surface area contributed by atoms with Crippen molar-refractivity contribution < 1.29 is 4.79 Å². The number of amides is 1. The van der Waals surface area contributed by atoms with Crippen LogP contribution in [-0.4, -0.2) is 17.4 Å². The molecule has 0 spiro atoms. The van der Waals surface area contributed by atoms with Gasteiger partial charge in [-0.1, -0.05) is 61.5 Å². The number of para-hydroxylation sites is 1. The van der Waals surface area contributed by atoms with Gasteiger partial charge in [-0.3, -0.25) is 4.79 Å². The number of hydrogen-bond donors (Lipinski definition) is 1. The average Bonchev–Trinajstić information content (AvgIpc) is 2.77. The molecule has 1 aliphatic heterocycles. The first-order valence-corrected chi connectivity index (χ1v) is 10.0. The van der Waals surface area contributed by atoms with E-state index < -0.39 is 0 Å². The van der Waals surface area contributed by atoms with E-state index in [9.17, 15) is 4.79 Å². The molecule has 3 aromatic rings. The lowest BCUT2D eigenvalue weighted by molar-refractivity contribution is 0.0734. The number of aryl methyl sites for hydroxylation is 1.